The highest BCUT2D eigenvalue weighted by Crippen LogP contribution is 2.18. The van der Waals surface area contributed by atoms with Crippen molar-refractivity contribution >= 4 is 11.7 Å². The predicted octanol–water partition coefficient (Wildman–Crippen LogP) is 3.36. The van der Waals surface area contributed by atoms with Crippen LogP contribution in [0.4, 0.5) is 0 Å². The molecule has 102 valence electrons. The van der Waals surface area contributed by atoms with Crippen LogP contribution in [0.5, 0.6) is 0 Å². The quantitative estimate of drug-likeness (QED) is 0.774. The lowest BCUT2D eigenvalue weighted by atomic mass is 10.1. The first-order chi connectivity index (χ1) is 9.78. The molecule has 3 rings (SSSR count). The van der Waals surface area contributed by atoms with Crippen molar-refractivity contribution in [3.63, 3.8) is 0 Å². The number of aromatic amines is 1. The molecule has 0 fully saturated rings. The molecule has 1 aromatic carbocycles. The van der Waals surface area contributed by atoms with Gasteiger partial charge in [-0.25, -0.2) is 0 Å². The van der Waals surface area contributed by atoms with E-state index in [1.165, 1.54) is 12.1 Å². The second-order valence-corrected chi connectivity index (χ2v) is 3.99. The average molecular weight is 267 g/mol. The maximum Gasteiger partial charge on any atom is 0.183 e. The minimum Gasteiger partial charge on any atom is -0.290 e. The number of hydrogen-bond acceptors (Lipinski definition) is 2. The third-order valence-electron chi connectivity index (χ3n) is 2.84. The van der Waals surface area contributed by atoms with E-state index in [1.807, 2.05) is 42.5 Å². The van der Waals surface area contributed by atoms with Gasteiger partial charge in [0.15, 0.2) is 11.3 Å². The van der Waals surface area contributed by atoms with Crippen LogP contribution in [0.3, 0.4) is 0 Å². The Kier molecular flexibility index (Phi) is 4.15. The first-order valence-electron chi connectivity index (χ1n) is 6.57. The second-order valence-electron chi connectivity index (χ2n) is 3.99. The molecule has 0 radical (unpaired) electrons. The van der Waals surface area contributed by atoms with Crippen molar-refractivity contribution in [1.29, 1.82) is 0 Å². The number of nitrogens with zero attached hydrogens (tertiary/aromatic N) is 2. The molecule has 0 saturated carbocycles. The first kappa shape index (κ1) is 13.8. The van der Waals surface area contributed by atoms with Crippen molar-refractivity contribution in [3.05, 3.63) is 65.0 Å². The van der Waals surface area contributed by atoms with E-state index in [2.05, 4.69) is 16.8 Å². The van der Waals surface area contributed by atoms with Crippen LogP contribution in [0.25, 0.3) is 23.1 Å². The normalized spacial score (nSPS) is 9.90. The Hall–Kier alpha value is -2.62. The molecule has 0 amide bonds. The summed E-state index contributed by atoms with van der Waals surface area (Å²) in [5.41, 5.74) is 2.69. The van der Waals surface area contributed by atoms with Gasteiger partial charge in [-0.15, -0.1) is 0 Å². The SMILES string of the molecule is C=Cc1ccc(-c2n[nH]c3cc(=O)ccn23)cc1.CC. The fourth-order valence-corrected chi connectivity index (χ4v) is 1.89. The number of aromatic nitrogens is 3. The number of fused-ring (bicyclic) bond motifs is 1. The van der Waals surface area contributed by atoms with Gasteiger partial charge in [0, 0.05) is 23.9 Å². The molecule has 4 heteroatoms. The fourth-order valence-electron chi connectivity index (χ4n) is 1.89. The standard InChI is InChI=1S/C14H11N3O.C2H6/c1-2-10-3-5-11(6-4-10)14-16-15-13-9-12(18)7-8-17(13)14;1-2/h2-9,15H,1H2;1-2H3. The molecule has 0 bridgehead atoms. The highest BCUT2D eigenvalue weighted by atomic mass is 16.1. The minimum absolute atomic E-state index is 0.0350. The Morgan fingerprint density at radius 3 is 2.55 bits per heavy atom. The van der Waals surface area contributed by atoms with Gasteiger partial charge < -0.3 is 0 Å². The van der Waals surface area contributed by atoms with E-state index in [-0.39, 0.29) is 5.43 Å². The van der Waals surface area contributed by atoms with Gasteiger partial charge in [-0.05, 0) is 5.56 Å². The summed E-state index contributed by atoms with van der Waals surface area (Å²) in [6, 6.07) is 10.9. The Labute approximate surface area is 117 Å². The van der Waals surface area contributed by atoms with Crippen molar-refractivity contribution in [2.45, 2.75) is 13.8 Å². The molecule has 0 aliphatic rings. The number of benzene rings is 1. The van der Waals surface area contributed by atoms with Gasteiger partial charge >= 0.3 is 0 Å². The van der Waals surface area contributed by atoms with Crippen molar-refractivity contribution in [1.82, 2.24) is 14.6 Å². The molecule has 0 spiro atoms. The van der Waals surface area contributed by atoms with Crippen LogP contribution in [0, 0.1) is 0 Å². The zero-order valence-corrected chi connectivity index (χ0v) is 11.6. The van der Waals surface area contributed by atoms with Gasteiger partial charge in [0.05, 0.1) is 0 Å². The lowest BCUT2D eigenvalue weighted by molar-refractivity contribution is 1.11. The minimum atomic E-state index is -0.0350. The summed E-state index contributed by atoms with van der Waals surface area (Å²) in [5.74, 6) is 0.778. The molecule has 0 aliphatic carbocycles. The van der Waals surface area contributed by atoms with E-state index >= 15 is 0 Å². The van der Waals surface area contributed by atoms with E-state index in [4.69, 9.17) is 0 Å². The van der Waals surface area contributed by atoms with Gasteiger partial charge in [-0.2, -0.15) is 5.10 Å². The molecule has 3 aromatic rings. The number of nitrogens with one attached hydrogen (secondary N) is 1. The van der Waals surface area contributed by atoms with E-state index in [9.17, 15) is 4.79 Å². The van der Waals surface area contributed by atoms with Gasteiger partial charge in [0.1, 0.15) is 5.65 Å². The summed E-state index contributed by atoms with van der Waals surface area (Å²) in [4.78, 5) is 11.2. The molecule has 0 saturated heterocycles. The molecular formula is C16H17N3O. The Morgan fingerprint density at radius 1 is 1.20 bits per heavy atom. The van der Waals surface area contributed by atoms with Crippen LogP contribution in [-0.4, -0.2) is 14.6 Å². The maximum atomic E-state index is 11.2. The summed E-state index contributed by atoms with van der Waals surface area (Å²) in [6.07, 6.45) is 3.52. The average Bonchev–Trinajstić information content (AvgIpc) is 2.92. The van der Waals surface area contributed by atoms with E-state index in [0.717, 1.165) is 17.0 Å². The van der Waals surface area contributed by atoms with Crippen LogP contribution in [-0.2, 0) is 0 Å². The molecule has 1 N–H and O–H groups in total. The van der Waals surface area contributed by atoms with Crippen molar-refractivity contribution in [2.24, 2.45) is 0 Å². The summed E-state index contributed by atoms with van der Waals surface area (Å²) in [5, 5.41) is 7.08. The fraction of sp³-hybridized carbons (Fsp3) is 0.125. The summed E-state index contributed by atoms with van der Waals surface area (Å²) >= 11 is 0. The van der Waals surface area contributed by atoms with Gasteiger partial charge in [0.2, 0.25) is 0 Å². The Bertz CT molecular complexity index is 766. The predicted molar refractivity (Wildman–Crippen MR) is 82.7 cm³/mol. The maximum absolute atomic E-state index is 11.2. The second kappa shape index (κ2) is 6.02. The lowest BCUT2D eigenvalue weighted by Crippen LogP contribution is -1.99. The molecule has 2 aromatic heterocycles. The lowest BCUT2D eigenvalue weighted by Gasteiger charge is -2.00. The van der Waals surface area contributed by atoms with Crippen molar-refractivity contribution < 1.29 is 0 Å². The largest absolute Gasteiger partial charge is 0.290 e. The Balaban J connectivity index is 0.000000704. The van der Waals surface area contributed by atoms with Gasteiger partial charge in [0.25, 0.3) is 0 Å². The van der Waals surface area contributed by atoms with E-state index < -0.39 is 0 Å². The number of pyridine rings is 1. The van der Waals surface area contributed by atoms with E-state index in [1.54, 1.807) is 12.3 Å². The highest BCUT2D eigenvalue weighted by molar-refractivity contribution is 5.62. The monoisotopic (exact) mass is 267 g/mol. The molecule has 2 heterocycles. The zero-order chi connectivity index (χ0) is 14.5. The van der Waals surface area contributed by atoms with Crippen molar-refractivity contribution in [3.8, 4) is 11.4 Å². The summed E-state index contributed by atoms with van der Waals surface area (Å²) < 4.78 is 1.85. The van der Waals surface area contributed by atoms with Gasteiger partial charge in [-0.3, -0.25) is 14.3 Å². The smallest absolute Gasteiger partial charge is 0.183 e. The van der Waals surface area contributed by atoms with Crippen LogP contribution < -0.4 is 5.43 Å². The Morgan fingerprint density at radius 2 is 1.90 bits per heavy atom. The molecular weight excluding hydrogens is 250 g/mol. The van der Waals surface area contributed by atoms with Crippen LogP contribution in [0.2, 0.25) is 0 Å². The molecule has 4 nitrogen and oxygen atoms in total. The van der Waals surface area contributed by atoms with Crippen LogP contribution in [0.1, 0.15) is 19.4 Å². The first-order valence-corrected chi connectivity index (χ1v) is 6.57. The number of rotatable bonds is 2. The highest BCUT2D eigenvalue weighted by Gasteiger charge is 2.06. The number of hydrogen-bond donors (Lipinski definition) is 1. The van der Waals surface area contributed by atoms with Crippen LogP contribution >= 0.6 is 0 Å². The summed E-state index contributed by atoms with van der Waals surface area (Å²) in [6.45, 7) is 7.72. The van der Waals surface area contributed by atoms with Gasteiger partial charge in [-0.1, -0.05) is 50.8 Å². The third kappa shape index (κ3) is 2.54. The molecule has 0 aliphatic heterocycles. The summed E-state index contributed by atoms with van der Waals surface area (Å²) in [7, 11) is 0. The third-order valence-corrected chi connectivity index (χ3v) is 2.84. The van der Waals surface area contributed by atoms with E-state index in [0.29, 0.717) is 5.65 Å². The van der Waals surface area contributed by atoms with Crippen LogP contribution in [0.15, 0.2) is 54.0 Å². The van der Waals surface area contributed by atoms with Crippen molar-refractivity contribution in [2.75, 3.05) is 0 Å². The topological polar surface area (TPSA) is 50.2 Å². The molecule has 0 atom stereocenters. The molecule has 0 unspecified atom stereocenters. The number of H-pyrrole nitrogens is 1. The molecule has 20 heavy (non-hydrogen) atoms. The zero-order valence-electron chi connectivity index (χ0n) is 11.6.